The van der Waals surface area contributed by atoms with E-state index in [1.807, 2.05) is 18.7 Å². The van der Waals surface area contributed by atoms with Crippen LogP contribution in [-0.4, -0.2) is 46.5 Å². The zero-order valence-corrected chi connectivity index (χ0v) is 15.9. The SMILES string of the molecule is CCN(CC)C(=S)SCC(=O)NNC(=O)COc1ccc(Cl)cc1. The van der Waals surface area contributed by atoms with Crippen molar-refractivity contribution >= 4 is 51.7 Å². The smallest absolute Gasteiger partial charge is 0.276 e. The first-order valence-corrected chi connectivity index (χ1v) is 9.11. The zero-order chi connectivity index (χ0) is 17.9. The summed E-state index contributed by atoms with van der Waals surface area (Å²) in [7, 11) is 0. The molecule has 0 heterocycles. The Balaban J connectivity index is 2.22. The molecular weight excluding hydrogens is 370 g/mol. The molecule has 9 heteroatoms. The van der Waals surface area contributed by atoms with Gasteiger partial charge in [-0.3, -0.25) is 20.4 Å². The Hall–Kier alpha value is -1.51. The number of halogens is 1. The standard InChI is InChI=1S/C15H20ClN3O3S2/c1-3-19(4-2)15(23)24-10-14(21)18-17-13(20)9-22-12-7-5-11(16)6-8-12/h5-8H,3-4,9-10H2,1-2H3,(H,17,20)(H,18,21). The van der Waals surface area contributed by atoms with Crippen LogP contribution >= 0.6 is 35.6 Å². The van der Waals surface area contributed by atoms with E-state index in [1.165, 1.54) is 11.8 Å². The van der Waals surface area contributed by atoms with Crippen LogP contribution in [0, 0.1) is 0 Å². The van der Waals surface area contributed by atoms with Crippen molar-refractivity contribution in [3.8, 4) is 5.75 Å². The van der Waals surface area contributed by atoms with E-state index in [4.69, 9.17) is 28.6 Å². The maximum atomic E-state index is 11.7. The van der Waals surface area contributed by atoms with Crippen LogP contribution in [0.3, 0.4) is 0 Å². The Bertz CT molecular complexity index is 566. The fourth-order valence-corrected chi connectivity index (χ4v) is 2.92. The summed E-state index contributed by atoms with van der Waals surface area (Å²) < 4.78 is 5.92. The van der Waals surface area contributed by atoms with Gasteiger partial charge in [0.1, 0.15) is 10.1 Å². The molecule has 0 radical (unpaired) electrons. The average molecular weight is 390 g/mol. The number of benzene rings is 1. The summed E-state index contributed by atoms with van der Waals surface area (Å²) in [5.74, 6) is -0.154. The first kappa shape index (κ1) is 20.5. The van der Waals surface area contributed by atoms with Gasteiger partial charge in [-0.25, -0.2) is 0 Å². The van der Waals surface area contributed by atoms with Crippen molar-refractivity contribution in [2.24, 2.45) is 0 Å². The minimum absolute atomic E-state index is 0.133. The monoisotopic (exact) mass is 389 g/mol. The number of carbonyl (C=O) groups excluding carboxylic acids is 2. The highest BCUT2D eigenvalue weighted by atomic mass is 35.5. The van der Waals surface area contributed by atoms with Gasteiger partial charge in [0.25, 0.3) is 5.91 Å². The summed E-state index contributed by atoms with van der Waals surface area (Å²) in [6, 6.07) is 6.62. The van der Waals surface area contributed by atoms with Gasteiger partial charge in [0.15, 0.2) is 6.61 Å². The van der Waals surface area contributed by atoms with Crippen molar-refractivity contribution in [2.45, 2.75) is 13.8 Å². The van der Waals surface area contributed by atoms with Crippen molar-refractivity contribution in [1.82, 2.24) is 15.8 Å². The Morgan fingerprint density at radius 3 is 2.33 bits per heavy atom. The molecule has 6 nitrogen and oxygen atoms in total. The molecule has 1 aromatic carbocycles. The number of rotatable bonds is 7. The van der Waals surface area contributed by atoms with Crippen molar-refractivity contribution in [3.05, 3.63) is 29.3 Å². The highest BCUT2D eigenvalue weighted by Gasteiger charge is 2.10. The molecule has 0 fully saturated rings. The van der Waals surface area contributed by atoms with Crippen LogP contribution < -0.4 is 15.6 Å². The molecule has 1 rings (SSSR count). The largest absolute Gasteiger partial charge is 0.484 e. The Morgan fingerprint density at radius 2 is 1.75 bits per heavy atom. The van der Waals surface area contributed by atoms with Gasteiger partial charge in [0.05, 0.1) is 5.75 Å². The van der Waals surface area contributed by atoms with E-state index in [1.54, 1.807) is 24.3 Å². The second-order valence-corrected chi connectivity index (χ2v) is 6.61. The third-order valence-electron chi connectivity index (χ3n) is 2.87. The number of hydrogen-bond acceptors (Lipinski definition) is 5. The normalized spacial score (nSPS) is 9.96. The molecule has 0 aliphatic carbocycles. The summed E-state index contributed by atoms with van der Waals surface area (Å²) in [6.45, 7) is 5.37. The van der Waals surface area contributed by atoms with Crippen LogP contribution in [0.5, 0.6) is 5.75 Å². The van der Waals surface area contributed by atoms with Crippen LogP contribution in [0.4, 0.5) is 0 Å². The lowest BCUT2D eigenvalue weighted by atomic mass is 10.3. The summed E-state index contributed by atoms with van der Waals surface area (Å²) in [5, 5.41) is 0.583. The molecule has 2 N–H and O–H groups in total. The zero-order valence-electron chi connectivity index (χ0n) is 13.5. The Morgan fingerprint density at radius 1 is 1.17 bits per heavy atom. The van der Waals surface area contributed by atoms with Gasteiger partial charge in [0, 0.05) is 18.1 Å². The molecule has 0 saturated heterocycles. The Labute approximate surface area is 156 Å². The number of hydrazine groups is 1. The number of nitrogens with zero attached hydrogens (tertiary/aromatic N) is 1. The first-order valence-electron chi connectivity index (χ1n) is 7.34. The second kappa shape index (κ2) is 11.1. The van der Waals surface area contributed by atoms with E-state index in [0.717, 1.165) is 13.1 Å². The van der Waals surface area contributed by atoms with Crippen molar-refractivity contribution in [3.63, 3.8) is 0 Å². The number of amides is 2. The van der Waals surface area contributed by atoms with E-state index in [-0.39, 0.29) is 18.3 Å². The van der Waals surface area contributed by atoms with Crippen LogP contribution in [0.25, 0.3) is 0 Å². The molecule has 132 valence electrons. The van der Waals surface area contributed by atoms with E-state index >= 15 is 0 Å². The summed E-state index contributed by atoms with van der Waals surface area (Å²) >= 11 is 12.2. The number of nitrogens with one attached hydrogen (secondary N) is 2. The van der Waals surface area contributed by atoms with Crippen LogP contribution in [-0.2, 0) is 9.59 Å². The van der Waals surface area contributed by atoms with Gasteiger partial charge >= 0.3 is 0 Å². The second-order valence-electron chi connectivity index (χ2n) is 4.57. The van der Waals surface area contributed by atoms with Crippen LogP contribution in [0.2, 0.25) is 5.02 Å². The van der Waals surface area contributed by atoms with E-state index in [2.05, 4.69) is 10.9 Å². The van der Waals surface area contributed by atoms with E-state index in [9.17, 15) is 9.59 Å². The third-order valence-corrected chi connectivity index (χ3v) is 4.65. The molecule has 0 bridgehead atoms. The summed E-state index contributed by atoms with van der Waals surface area (Å²) in [5.41, 5.74) is 4.60. The molecule has 0 unspecified atom stereocenters. The fraction of sp³-hybridized carbons (Fsp3) is 0.400. The predicted octanol–water partition coefficient (Wildman–Crippen LogP) is 2.23. The topological polar surface area (TPSA) is 70.7 Å². The van der Waals surface area contributed by atoms with Crippen molar-refractivity contribution < 1.29 is 14.3 Å². The molecule has 1 aromatic rings. The first-order chi connectivity index (χ1) is 11.5. The molecule has 0 spiro atoms. The highest BCUT2D eigenvalue weighted by molar-refractivity contribution is 8.23. The molecule has 0 aromatic heterocycles. The predicted molar refractivity (Wildman–Crippen MR) is 101 cm³/mol. The van der Waals surface area contributed by atoms with E-state index in [0.29, 0.717) is 15.1 Å². The quantitative estimate of drug-likeness (QED) is 0.550. The van der Waals surface area contributed by atoms with Gasteiger partial charge in [-0.15, -0.1) is 0 Å². The molecular formula is C15H20ClN3O3S2. The van der Waals surface area contributed by atoms with Gasteiger partial charge in [-0.1, -0.05) is 35.6 Å². The minimum Gasteiger partial charge on any atom is -0.484 e. The van der Waals surface area contributed by atoms with Gasteiger partial charge in [-0.05, 0) is 38.1 Å². The van der Waals surface area contributed by atoms with Gasteiger partial charge in [-0.2, -0.15) is 0 Å². The van der Waals surface area contributed by atoms with Gasteiger partial charge < -0.3 is 9.64 Å². The lowest BCUT2D eigenvalue weighted by Crippen LogP contribution is -2.44. The third kappa shape index (κ3) is 7.85. The van der Waals surface area contributed by atoms with Crippen LogP contribution in [0.1, 0.15) is 13.8 Å². The van der Waals surface area contributed by atoms with Gasteiger partial charge in [0.2, 0.25) is 5.91 Å². The lowest BCUT2D eigenvalue weighted by Gasteiger charge is -2.20. The van der Waals surface area contributed by atoms with E-state index < -0.39 is 5.91 Å². The summed E-state index contributed by atoms with van der Waals surface area (Å²) in [4.78, 5) is 25.3. The lowest BCUT2D eigenvalue weighted by molar-refractivity contribution is -0.128. The molecule has 24 heavy (non-hydrogen) atoms. The minimum atomic E-state index is -0.463. The molecule has 2 amide bonds. The maximum absolute atomic E-state index is 11.7. The number of carbonyl (C=O) groups is 2. The number of thiocarbonyl (C=S) groups is 1. The summed E-state index contributed by atoms with van der Waals surface area (Å²) in [6.07, 6.45) is 0. The van der Waals surface area contributed by atoms with Crippen LogP contribution in [0.15, 0.2) is 24.3 Å². The fourth-order valence-electron chi connectivity index (χ4n) is 1.59. The maximum Gasteiger partial charge on any atom is 0.276 e. The Kier molecular flexibility index (Phi) is 9.51. The average Bonchev–Trinajstić information content (AvgIpc) is 2.58. The molecule has 0 atom stereocenters. The van der Waals surface area contributed by atoms with Crippen molar-refractivity contribution in [2.75, 3.05) is 25.4 Å². The number of hydrogen-bond donors (Lipinski definition) is 2. The molecule has 0 saturated carbocycles. The molecule has 0 aliphatic heterocycles. The highest BCUT2D eigenvalue weighted by Crippen LogP contribution is 2.15. The molecule has 0 aliphatic rings. The number of ether oxygens (including phenoxy) is 1. The number of thioether (sulfide) groups is 1. The van der Waals surface area contributed by atoms with Crippen molar-refractivity contribution in [1.29, 1.82) is 0 Å².